The van der Waals surface area contributed by atoms with Gasteiger partial charge in [0.05, 0.1) is 5.69 Å². The van der Waals surface area contributed by atoms with Crippen LogP contribution in [0.25, 0.3) is 0 Å². The second-order valence-corrected chi connectivity index (χ2v) is 5.24. The van der Waals surface area contributed by atoms with Crippen molar-refractivity contribution in [3.05, 3.63) is 41.3 Å². The van der Waals surface area contributed by atoms with E-state index in [0.29, 0.717) is 5.22 Å². The largest absolute Gasteiger partial charge is 0.439 e. The Balaban J connectivity index is 2.20. The van der Waals surface area contributed by atoms with Crippen LogP contribution in [0.5, 0.6) is 0 Å². The zero-order valence-corrected chi connectivity index (χ0v) is 11.8. The highest BCUT2D eigenvalue weighted by molar-refractivity contribution is 7.99. The number of rotatable bonds is 5. The summed E-state index contributed by atoms with van der Waals surface area (Å²) in [5.74, 6) is 0. The van der Waals surface area contributed by atoms with Gasteiger partial charge in [-0.05, 0) is 43.8 Å². The lowest BCUT2D eigenvalue weighted by Crippen LogP contribution is -2.12. The average Bonchev–Trinajstić information content (AvgIpc) is 2.75. The maximum Gasteiger partial charge on any atom is 0.260 e. The van der Waals surface area contributed by atoms with Gasteiger partial charge in [-0.15, -0.1) is 0 Å². The molecule has 0 saturated carbocycles. The van der Waals surface area contributed by atoms with Crippen LogP contribution in [-0.2, 0) is 6.54 Å². The monoisotopic (exact) mass is 262 g/mol. The van der Waals surface area contributed by atoms with E-state index in [1.165, 1.54) is 16.0 Å². The summed E-state index contributed by atoms with van der Waals surface area (Å²) in [6.07, 6.45) is 1.68. The van der Waals surface area contributed by atoms with Crippen LogP contribution in [0.2, 0.25) is 0 Å². The lowest BCUT2D eigenvalue weighted by atomic mass is 10.1. The van der Waals surface area contributed by atoms with Crippen molar-refractivity contribution in [1.82, 2.24) is 10.3 Å². The molecule has 2 rings (SSSR count). The SMILES string of the molecule is CCNCc1cc(C)ccc1Sc1nc(C)co1. The van der Waals surface area contributed by atoms with Gasteiger partial charge in [0.1, 0.15) is 6.26 Å². The zero-order valence-electron chi connectivity index (χ0n) is 11.0. The molecule has 0 aliphatic heterocycles. The van der Waals surface area contributed by atoms with Gasteiger partial charge in [0.15, 0.2) is 0 Å². The third-order valence-electron chi connectivity index (χ3n) is 2.58. The van der Waals surface area contributed by atoms with E-state index < -0.39 is 0 Å². The molecule has 0 aliphatic carbocycles. The molecule has 0 spiro atoms. The van der Waals surface area contributed by atoms with Gasteiger partial charge >= 0.3 is 0 Å². The fraction of sp³-hybridized carbons (Fsp3) is 0.357. The predicted octanol–water partition coefficient (Wildman–Crippen LogP) is 3.55. The minimum atomic E-state index is 0.703. The number of oxazole rings is 1. The Morgan fingerprint density at radius 2 is 2.17 bits per heavy atom. The van der Waals surface area contributed by atoms with E-state index in [2.05, 4.69) is 42.3 Å². The third-order valence-corrected chi connectivity index (χ3v) is 3.56. The maximum absolute atomic E-state index is 5.39. The van der Waals surface area contributed by atoms with Crippen LogP contribution in [0.15, 0.2) is 39.0 Å². The molecular weight excluding hydrogens is 244 g/mol. The van der Waals surface area contributed by atoms with Crippen molar-refractivity contribution >= 4 is 11.8 Å². The summed E-state index contributed by atoms with van der Waals surface area (Å²) >= 11 is 1.58. The van der Waals surface area contributed by atoms with Gasteiger partial charge in [-0.25, -0.2) is 4.98 Å². The molecule has 0 atom stereocenters. The van der Waals surface area contributed by atoms with Crippen LogP contribution in [0.4, 0.5) is 0 Å². The van der Waals surface area contributed by atoms with E-state index in [4.69, 9.17) is 4.42 Å². The molecule has 3 nitrogen and oxygen atoms in total. The Morgan fingerprint density at radius 1 is 1.33 bits per heavy atom. The molecule has 0 amide bonds. The van der Waals surface area contributed by atoms with E-state index >= 15 is 0 Å². The fourth-order valence-electron chi connectivity index (χ4n) is 1.68. The standard InChI is InChI=1S/C14H18N2OS/c1-4-15-8-12-7-10(2)5-6-13(12)18-14-16-11(3)9-17-14/h5-7,9,15H,4,8H2,1-3H3. The lowest BCUT2D eigenvalue weighted by Gasteiger charge is -2.09. The minimum Gasteiger partial charge on any atom is -0.439 e. The molecule has 2 aromatic rings. The van der Waals surface area contributed by atoms with E-state index in [1.807, 2.05) is 6.92 Å². The topological polar surface area (TPSA) is 38.1 Å². The molecule has 1 aromatic heterocycles. The summed E-state index contributed by atoms with van der Waals surface area (Å²) in [4.78, 5) is 5.52. The summed E-state index contributed by atoms with van der Waals surface area (Å²) in [5.41, 5.74) is 3.48. The first-order valence-corrected chi connectivity index (χ1v) is 6.91. The van der Waals surface area contributed by atoms with Gasteiger partial charge in [-0.3, -0.25) is 0 Å². The smallest absolute Gasteiger partial charge is 0.260 e. The summed E-state index contributed by atoms with van der Waals surface area (Å²) in [7, 11) is 0. The Kier molecular flexibility index (Phi) is 4.44. The molecule has 18 heavy (non-hydrogen) atoms. The quantitative estimate of drug-likeness (QED) is 0.894. The molecule has 1 aromatic carbocycles. The molecule has 0 radical (unpaired) electrons. The Hall–Kier alpha value is -1.26. The van der Waals surface area contributed by atoms with Gasteiger partial charge in [-0.1, -0.05) is 24.6 Å². The molecule has 1 heterocycles. The van der Waals surface area contributed by atoms with Crippen molar-refractivity contribution in [3.63, 3.8) is 0 Å². The van der Waals surface area contributed by atoms with Crippen LogP contribution in [0, 0.1) is 13.8 Å². The number of nitrogens with one attached hydrogen (secondary N) is 1. The Labute approximate surface area is 112 Å². The van der Waals surface area contributed by atoms with Gasteiger partial charge in [0, 0.05) is 11.4 Å². The second kappa shape index (κ2) is 6.07. The number of aromatic nitrogens is 1. The normalized spacial score (nSPS) is 10.8. The fourth-order valence-corrected chi connectivity index (χ4v) is 2.55. The Bertz CT molecular complexity index is 522. The van der Waals surface area contributed by atoms with Crippen molar-refractivity contribution in [3.8, 4) is 0 Å². The molecule has 4 heteroatoms. The highest BCUT2D eigenvalue weighted by Crippen LogP contribution is 2.30. The number of nitrogens with zero attached hydrogens (tertiary/aromatic N) is 1. The minimum absolute atomic E-state index is 0.703. The van der Waals surface area contributed by atoms with Gasteiger partial charge in [-0.2, -0.15) is 0 Å². The highest BCUT2D eigenvalue weighted by Gasteiger charge is 2.08. The molecule has 0 saturated heterocycles. The maximum atomic E-state index is 5.39. The van der Waals surface area contributed by atoms with Crippen molar-refractivity contribution in [2.75, 3.05) is 6.54 Å². The van der Waals surface area contributed by atoms with Gasteiger partial charge in [0.2, 0.25) is 0 Å². The van der Waals surface area contributed by atoms with Crippen LogP contribution in [0.1, 0.15) is 23.7 Å². The highest BCUT2D eigenvalue weighted by atomic mass is 32.2. The third kappa shape index (κ3) is 3.37. The predicted molar refractivity (Wildman–Crippen MR) is 73.9 cm³/mol. The first kappa shape index (κ1) is 13.2. The summed E-state index contributed by atoms with van der Waals surface area (Å²) in [6.45, 7) is 8.00. The van der Waals surface area contributed by atoms with E-state index in [9.17, 15) is 0 Å². The lowest BCUT2D eigenvalue weighted by molar-refractivity contribution is 0.454. The molecule has 0 aliphatic rings. The first-order valence-electron chi connectivity index (χ1n) is 6.09. The summed E-state index contributed by atoms with van der Waals surface area (Å²) in [5, 5.41) is 4.06. The number of aryl methyl sites for hydroxylation is 2. The van der Waals surface area contributed by atoms with E-state index in [-0.39, 0.29) is 0 Å². The van der Waals surface area contributed by atoms with Crippen LogP contribution in [0.3, 0.4) is 0 Å². The molecule has 0 unspecified atom stereocenters. The van der Waals surface area contributed by atoms with Gasteiger partial charge < -0.3 is 9.73 Å². The van der Waals surface area contributed by atoms with Crippen LogP contribution < -0.4 is 5.32 Å². The van der Waals surface area contributed by atoms with E-state index in [0.717, 1.165) is 18.8 Å². The average molecular weight is 262 g/mol. The van der Waals surface area contributed by atoms with E-state index in [1.54, 1.807) is 18.0 Å². The number of hydrogen-bond acceptors (Lipinski definition) is 4. The molecule has 96 valence electrons. The molecule has 1 N–H and O–H groups in total. The number of hydrogen-bond donors (Lipinski definition) is 1. The zero-order chi connectivity index (χ0) is 13.0. The van der Waals surface area contributed by atoms with Crippen molar-refractivity contribution < 1.29 is 4.42 Å². The van der Waals surface area contributed by atoms with Crippen molar-refractivity contribution in [1.29, 1.82) is 0 Å². The van der Waals surface area contributed by atoms with Crippen molar-refractivity contribution in [2.45, 2.75) is 37.4 Å². The van der Waals surface area contributed by atoms with Crippen molar-refractivity contribution in [2.24, 2.45) is 0 Å². The first-order chi connectivity index (χ1) is 8.69. The van der Waals surface area contributed by atoms with Crippen LogP contribution >= 0.6 is 11.8 Å². The summed E-state index contributed by atoms with van der Waals surface area (Å²) in [6, 6.07) is 6.46. The Morgan fingerprint density at radius 3 is 2.83 bits per heavy atom. The van der Waals surface area contributed by atoms with Crippen LogP contribution in [-0.4, -0.2) is 11.5 Å². The summed E-state index contributed by atoms with van der Waals surface area (Å²) < 4.78 is 5.39. The number of benzene rings is 1. The molecule has 0 fully saturated rings. The molecule has 0 bridgehead atoms. The second-order valence-electron chi connectivity index (χ2n) is 4.25. The molecular formula is C14H18N2OS. The van der Waals surface area contributed by atoms with Gasteiger partial charge in [0.25, 0.3) is 5.22 Å².